The second-order valence-electron chi connectivity index (χ2n) is 8.79. The van der Waals surface area contributed by atoms with E-state index in [2.05, 4.69) is 56.5 Å². The van der Waals surface area contributed by atoms with Gasteiger partial charge in [0, 0.05) is 17.8 Å². The van der Waals surface area contributed by atoms with Crippen LogP contribution in [0, 0.1) is 12.3 Å². The van der Waals surface area contributed by atoms with Gasteiger partial charge >= 0.3 is 0 Å². The van der Waals surface area contributed by atoms with E-state index in [4.69, 9.17) is 9.97 Å². The number of carbonyl (C=O) groups excluding carboxylic acids is 1. The molecule has 5 heteroatoms. The molecule has 0 bridgehead atoms. The lowest BCUT2D eigenvalue weighted by Crippen LogP contribution is -2.29. The Morgan fingerprint density at radius 1 is 1.00 bits per heavy atom. The van der Waals surface area contributed by atoms with Crippen LogP contribution in [0.5, 0.6) is 0 Å². The maximum Gasteiger partial charge on any atom is 0.229 e. The standard InChI is InChI=1S/C25H28N4O/c1-5-17-10-6-7-12-19(17)27-23-22-20(14-25(3,4)15-21(22)30)28-24(29-23)26-18-11-8-9-16(2)13-18/h6-13H,5,14-15H2,1-4H3,(H2,26,27,28,29). The third-order valence-electron chi connectivity index (χ3n) is 5.47. The van der Waals surface area contributed by atoms with Crippen LogP contribution in [0.4, 0.5) is 23.1 Å². The number of hydrogen-bond acceptors (Lipinski definition) is 5. The van der Waals surface area contributed by atoms with Crippen molar-refractivity contribution < 1.29 is 4.79 Å². The predicted octanol–water partition coefficient (Wildman–Crippen LogP) is 5.99. The van der Waals surface area contributed by atoms with Gasteiger partial charge in [0.15, 0.2) is 5.78 Å². The number of aryl methyl sites for hydroxylation is 2. The molecular weight excluding hydrogens is 372 g/mol. The Kier molecular flexibility index (Phi) is 5.29. The first kappa shape index (κ1) is 20.1. The summed E-state index contributed by atoms with van der Waals surface area (Å²) in [5, 5.41) is 6.75. The minimum atomic E-state index is -0.113. The molecule has 5 nitrogen and oxygen atoms in total. The normalized spacial score (nSPS) is 14.9. The maximum absolute atomic E-state index is 13.0. The van der Waals surface area contributed by atoms with Crippen molar-refractivity contribution in [1.82, 2.24) is 9.97 Å². The number of fused-ring (bicyclic) bond motifs is 1. The molecule has 0 unspecified atom stereocenters. The van der Waals surface area contributed by atoms with E-state index in [1.165, 1.54) is 5.56 Å². The second kappa shape index (κ2) is 7.90. The molecule has 0 radical (unpaired) electrons. The van der Waals surface area contributed by atoms with Crippen molar-refractivity contribution in [3.63, 3.8) is 0 Å². The lowest BCUT2D eigenvalue weighted by Gasteiger charge is -2.30. The molecule has 154 valence electrons. The van der Waals surface area contributed by atoms with Crippen molar-refractivity contribution >= 4 is 28.9 Å². The molecule has 0 saturated carbocycles. The Bertz CT molecular complexity index is 1100. The fraction of sp³-hybridized carbons (Fsp3) is 0.320. The molecule has 1 aliphatic carbocycles. The third kappa shape index (κ3) is 4.20. The molecule has 30 heavy (non-hydrogen) atoms. The van der Waals surface area contributed by atoms with Crippen LogP contribution in [0.2, 0.25) is 0 Å². The molecule has 3 aromatic rings. The van der Waals surface area contributed by atoms with Gasteiger partial charge < -0.3 is 10.6 Å². The molecule has 2 aromatic carbocycles. The number of ketones is 1. The van der Waals surface area contributed by atoms with Crippen LogP contribution in [-0.4, -0.2) is 15.8 Å². The molecule has 0 saturated heterocycles. The van der Waals surface area contributed by atoms with Gasteiger partial charge in [0.05, 0.1) is 11.3 Å². The lowest BCUT2D eigenvalue weighted by molar-refractivity contribution is 0.0911. The molecule has 0 amide bonds. The SMILES string of the molecule is CCc1ccccc1Nc1nc(Nc2cccc(C)c2)nc2c1C(=O)CC(C)(C)C2. The van der Waals surface area contributed by atoms with Crippen LogP contribution in [-0.2, 0) is 12.8 Å². The summed E-state index contributed by atoms with van der Waals surface area (Å²) in [5.41, 5.74) is 5.55. The van der Waals surface area contributed by atoms with Crippen LogP contribution in [0.1, 0.15) is 54.4 Å². The molecular formula is C25H28N4O. The van der Waals surface area contributed by atoms with E-state index in [-0.39, 0.29) is 11.2 Å². The van der Waals surface area contributed by atoms with Gasteiger partial charge in [-0.15, -0.1) is 0 Å². The van der Waals surface area contributed by atoms with E-state index in [9.17, 15) is 4.79 Å². The Morgan fingerprint density at radius 3 is 2.57 bits per heavy atom. The number of benzene rings is 2. The average molecular weight is 401 g/mol. The number of aromatic nitrogens is 2. The number of nitrogens with one attached hydrogen (secondary N) is 2. The zero-order chi connectivity index (χ0) is 21.3. The van der Waals surface area contributed by atoms with E-state index in [1.54, 1.807) is 0 Å². The van der Waals surface area contributed by atoms with Gasteiger partial charge in [0.25, 0.3) is 0 Å². The summed E-state index contributed by atoms with van der Waals surface area (Å²) in [6.45, 7) is 8.40. The lowest BCUT2D eigenvalue weighted by atomic mass is 9.75. The van der Waals surface area contributed by atoms with Crippen LogP contribution in [0.25, 0.3) is 0 Å². The van der Waals surface area contributed by atoms with Crippen LogP contribution in [0.15, 0.2) is 48.5 Å². The van der Waals surface area contributed by atoms with Gasteiger partial charge in [0.2, 0.25) is 5.95 Å². The number of carbonyl (C=O) groups is 1. The minimum Gasteiger partial charge on any atom is -0.339 e. The Balaban J connectivity index is 1.79. The first-order valence-electron chi connectivity index (χ1n) is 10.5. The molecule has 4 rings (SSSR count). The van der Waals surface area contributed by atoms with Crippen LogP contribution < -0.4 is 10.6 Å². The van der Waals surface area contributed by atoms with Crippen molar-refractivity contribution in [2.75, 3.05) is 10.6 Å². The predicted molar refractivity (Wildman–Crippen MR) is 122 cm³/mol. The number of para-hydroxylation sites is 1. The van der Waals surface area contributed by atoms with Gasteiger partial charge in [0.1, 0.15) is 5.82 Å². The summed E-state index contributed by atoms with van der Waals surface area (Å²) in [6.07, 6.45) is 2.13. The number of hydrogen-bond donors (Lipinski definition) is 2. The molecule has 2 N–H and O–H groups in total. The highest BCUT2D eigenvalue weighted by Crippen LogP contribution is 2.38. The Labute approximate surface area is 178 Å². The molecule has 1 aliphatic rings. The number of anilines is 4. The average Bonchev–Trinajstić information content (AvgIpc) is 2.67. The first-order chi connectivity index (χ1) is 14.3. The summed E-state index contributed by atoms with van der Waals surface area (Å²) in [6, 6.07) is 16.2. The van der Waals surface area contributed by atoms with Crippen molar-refractivity contribution in [3.05, 3.63) is 70.9 Å². The monoisotopic (exact) mass is 400 g/mol. The third-order valence-corrected chi connectivity index (χ3v) is 5.47. The largest absolute Gasteiger partial charge is 0.339 e. The molecule has 0 aliphatic heterocycles. The molecule has 1 aromatic heterocycles. The summed E-state index contributed by atoms with van der Waals surface area (Å²) in [4.78, 5) is 22.5. The Morgan fingerprint density at radius 2 is 1.80 bits per heavy atom. The quantitative estimate of drug-likeness (QED) is 0.551. The summed E-state index contributed by atoms with van der Waals surface area (Å²) >= 11 is 0. The highest BCUT2D eigenvalue weighted by atomic mass is 16.1. The zero-order valence-electron chi connectivity index (χ0n) is 18.0. The van der Waals surface area contributed by atoms with Gasteiger partial charge in [-0.2, -0.15) is 4.98 Å². The van der Waals surface area contributed by atoms with Crippen molar-refractivity contribution in [2.24, 2.45) is 5.41 Å². The number of Topliss-reactive ketones (excluding diaryl/α,β-unsaturated/α-hetero) is 1. The van der Waals surface area contributed by atoms with Gasteiger partial charge in [-0.3, -0.25) is 4.79 Å². The van der Waals surface area contributed by atoms with Crippen molar-refractivity contribution in [3.8, 4) is 0 Å². The van der Waals surface area contributed by atoms with E-state index in [0.29, 0.717) is 23.8 Å². The molecule has 0 spiro atoms. The number of nitrogens with zero attached hydrogens (tertiary/aromatic N) is 2. The highest BCUT2D eigenvalue weighted by molar-refractivity contribution is 6.03. The smallest absolute Gasteiger partial charge is 0.229 e. The summed E-state index contributed by atoms with van der Waals surface area (Å²) < 4.78 is 0. The van der Waals surface area contributed by atoms with E-state index < -0.39 is 0 Å². The fourth-order valence-electron chi connectivity index (χ4n) is 4.04. The number of rotatable bonds is 5. The van der Waals surface area contributed by atoms with E-state index in [0.717, 1.165) is 35.5 Å². The van der Waals surface area contributed by atoms with Gasteiger partial charge in [-0.25, -0.2) is 4.98 Å². The van der Waals surface area contributed by atoms with Crippen molar-refractivity contribution in [2.45, 2.75) is 47.0 Å². The fourth-order valence-corrected chi connectivity index (χ4v) is 4.04. The molecule has 0 fully saturated rings. The zero-order valence-corrected chi connectivity index (χ0v) is 18.0. The topological polar surface area (TPSA) is 66.9 Å². The van der Waals surface area contributed by atoms with E-state index in [1.807, 2.05) is 30.3 Å². The van der Waals surface area contributed by atoms with Crippen molar-refractivity contribution in [1.29, 1.82) is 0 Å². The maximum atomic E-state index is 13.0. The second-order valence-corrected chi connectivity index (χ2v) is 8.79. The van der Waals surface area contributed by atoms with Gasteiger partial charge in [-0.1, -0.05) is 51.1 Å². The highest BCUT2D eigenvalue weighted by Gasteiger charge is 2.35. The Hall–Kier alpha value is -3.21. The van der Waals surface area contributed by atoms with Gasteiger partial charge in [-0.05, 0) is 54.5 Å². The summed E-state index contributed by atoms with van der Waals surface area (Å²) in [5.74, 6) is 1.18. The first-order valence-corrected chi connectivity index (χ1v) is 10.5. The molecule has 0 atom stereocenters. The van der Waals surface area contributed by atoms with Crippen LogP contribution >= 0.6 is 0 Å². The van der Waals surface area contributed by atoms with Crippen LogP contribution in [0.3, 0.4) is 0 Å². The molecule has 1 heterocycles. The minimum absolute atomic E-state index is 0.0971. The van der Waals surface area contributed by atoms with E-state index >= 15 is 0 Å². The summed E-state index contributed by atoms with van der Waals surface area (Å²) in [7, 11) is 0.